The summed E-state index contributed by atoms with van der Waals surface area (Å²) in [6, 6.07) is 18.9. The Balaban J connectivity index is 1.91. The summed E-state index contributed by atoms with van der Waals surface area (Å²) < 4.78 is 33.1. The molecular formula is C22H20Cl2N2O4S. The van der Waals surface area contributed by atoms with E-state index < -0.39 is 22.5 Å². The molecule has 9 heteroatoms. The number of ether oxygens (including phenoxy) is 1. The number of benzene rings is 3. The van der Waals surface area contributed by atoms with Crippen molar-refractivity contribution in [3.05, 3.63) is 82.8 Å². The molecule has 1 N–H and O–H groups in total. The van der Waals surface area contributed by atoms with E-state index in [9.17, 15) is 13.2 Å². The number of anilines is 2. The molecule has 0 unspecified atom stereocenters. The highest BCUT2D eigenvalue weighted by molar-refractivity contribution is 7.92. The molecule has 0 aliphatic rings. The Morgan fingerprint density at radius 1 is 0.968 bits per heavy atom. The van der Waals surface area contributed by atoms with Crippen molar-refractivity contribution in [3.63, 3.8) is 0 Å². The minimum absolute atomic E-state index is 0.00280. The lowest BCUT2D eigenvalue weighted by atomic mass is 10.3. The zero-order valence-electron chi connectivity index (χ0n) is 16.6. The van der Waals surface area contributed by atoms with Crippen LogP contribution in [0.25, 0.3) is 0 Å². The van der Waals surface area contributed by atoms with Crippen LogP contribution in [0.2, 0.25) is 10.0 Å². The summed E-state index contributed by atoms with van der Waals surface area (Å²) >= 11 is 12.0. The van der Waals surface area contributed by atoms with Crippen molar-refractivity contribution < 1.29 is 17.9 Å². The quantitative estimate of drug-likeness (QED) is 0.480. The second-order valence-corrected chi connectivity index (χ2v) is 9.19. The maximum Gasteiger partial charge on any atom is 0.264 e. The Kier molecular flexibility index (Phi) is 7.43. The van der Waals surface area contributed by atoms with Crippen molar-refractivity contribution >= 4 is 50.5 Å². The number of nitrogens with one attached hydrogen (secondary N) is 1. The van der Waals surface area contributed by atoms with Crippen LogP contribution in [0.15, 0.2) is 77.7 Å². The van der Waals surface area contributed by atoms with Crippen molar-refractivity contribution in [2.75, 3.05) is 22.8 Å². The first kappa shape index (κ1) is 22.9. The predicted molar refractivity (Wildman–Crippen MR) is 124 cm³/mol. The van der Waals surface area contributed by atoms with E-state index in [1.807, 2.05) is 6.92 Å². The van der Waals surface area contributed by atoms with Crippen LogP contribution >= 0.6 is 23.2 Å². The molecule has 0 saturated carbocycles. The number of carbonyl (C=O) groups is 1. The molecular weight excluding hydrogens is 459 g/mol. The molecule has 162 valence electrons. The maximum atomic E-state index is 13.3. The van der Waals surface area contributed by atoms with Gasteiger partial charge in [0.25, 0.3) is 10.0 Å². The molecule has 0 aromatic heterocycles. The summed E-state index contributed by atoms with van der Waals surface area (Å²) in [6.07, 6.45) is 0. The number of rotatable bonds is 8. The van der Waals surface area contributed by atoms with E-state index in [1.54, 1.807) is 42.5 Å². The SMILES string of the molecule is CCOc1cccc(NC(=O)CN(c2cccc(Cl)c2)S(=O)(=O)c2ccc(Cl)cc2)c1. The first-order chi connectivity index (χ1) is 14.8. The van der Waals surface area contributed by atoms with Gasteiger partial charge in [0.05, 0.1) is 17.2 Å². The van der Waals surface area contributed by atoms with E-state index in [4.69, 9.17) is 27.9 Å². The smallest absolute Gasteiger partial charge is 0.264 e. The van der Waals surface area contributed by atoms with E-state index in [0.717, 1.165) is 4.31 Å². The number of sulfonamides is 1. The first-order valence-electron chi connectivity index (χ1n) is 9.36. The van der Waals surface area contributed by atoms with Crippen molar-refractivity contribution in [2.24, 2.45) is 0 Å². The third-order valence-corrected chi connectivity index (χ3v) is 6.49. The van der Waals surface area contributed by atoms with Gasteiger partial charge in [-0.05, 0) is 61.5 Å². The first-order valence-corrected chi connectivity index (χ1v) is 11.6. The van der Waals surface area contributed by atoms with Crippen LogP contribution in [0.3, 0.4) is 0 Å². The van der Waals surface area contributed by atoms with E-state index in [2.05, 4.69) is 5.32 Å². The number of hydrogen-bond donors (Lipinski definition) is 1. The van der Waals surface area contributed by atoms with Gasteiger partial charge in [-0.25, -0.2) is 8.42 Å². The summed E-state index contributed by atoms with van der Waals surface area (Å²) in [5.74, 6) is 0.0759. The van der Waals surface area contributed by atoms with E-state index >= 15 is 0 Å². The van der Waals surface area contributed by atoms with Crippen LogP contribution in [-0.4, -0.2) is 27.5 Å². The fraction of sp³-hybridized carbons (Fsp3) is 0.136. The van der Waals surface area contributed by atoms with Gasteiger partial charge in [-0.15, -0.1) is 0 Å². The lowest BCUT2D eigenvalue weighted by Crippen LogP contribution is -2.38. The average molecular weight is 479 g/mol. The molecule has 31 heavy (non-hydrogen) atoms. The Labute approximate surface area is 191 Å². The predicted octanol–water partition coefficient (Wildman–Crippen LogP) is 5.23. The van der Waals surface area contributed by atoms with Gasteiger partial charge >= 0.3 is 0 Å². The minimum atomic E-state index is -4.06. The van der Waals surface area contributed by atoms with Gasteiger partial charge in [0.15, 0.2) is 0 Å². The second-order valence-electron chi connectivity index (χ2n) is 6.45. The molecule has 0 fully saturated rings. The Hall–Kier alpha value is -2.74. The van der Waals surface area contributed by atoms with Crippen molar-refractivity contribution in [2.45, 2.75) is 11.8 Å². The summed E-state index contributed by atoms with van der Waals surface area (Å²) in [7, 11) is -4.06. The van der Waals surface area contributed by atoms with Gasteiger partial charge in [0, 0.05) is 21.8 Å². The van der Waals surface area contributed by atoms with Crippen molar-refractivity contribution in [3.8, 4) is 5.75 Å². The van der Waals surface area contributed by atoms with Gasteiger partial charge in [-0.2, -0.15) is 0 Å². The molecule has 0 aliphatic carbocycles. The second kappa shape index (κ2) is 10.0. The van der Waals surface area contributed by atoms with Crippen LogP contribution in [0.5, 0.6) is 5.75 Å². The van der Waals surface area contributed by atoms with E-state index in [1.165, 1.54) is 30.3 Å². The fourth-order valence-electron chi connectivity index (χ4n) is 2.84. The van der Waals surface area contributed by atoms with Crippen LogP contribution in [0.1, 0.15) is 6.92 Å². The molecule has 0 atom stereocenters. The summed E-state index contributed by atoms with van der Waals surface area (Å²) in [5, 5.41) is 3.46. The molecule has 3 rings (SSSR count). The van der Waals surface area contributed by atoms with Crippen LogP contribution in [-0.2, 0) is 14.8 Å². The third-order valence-electron chi connectivity index (χ3n) is 4.21. The van der Waals surface area contributed by atoms with Gasteiger partial charge in [-0.1, -0.05) is 35.3 Å². The third kappa shape index (κ3) is 5.91. The molecule has 0 bridgehead atoms. The monoisotopic (exact) mass is 478 g/mol. The minimum Gasteiger partial charge on any atom is -0.494 e. The molecule has 3 aromatic rings. The summed E-state index contributed by atoms with van der Waals surface area (Å²) in [5.41, 5.74) is 0.756. The van der Waals surface area contributed by atoms with Crippen LogP contribution in [0.4, 0.5) is 11.4 Å². The highest BCUT2D eigenvalue weighted by Gasteiger charge is 2.27. The van der Waals surface area contributed by atoms with Crippen LogP contribution in [0, 0.1) is 0 Å². The number of carbonyl (C=O) groups excluding carboxylic acids is 1. The standard InChI is InChI=1S/C22H20Cl2N2O4S/c1-2-30-20-8-4-6-18(14-20)25-22(27)15-26(19-7-3-5-17(24)13-19)31(28,29)21-11-9-16(23)10-12-21/h3-14H,2,15H2,1H3,(H,25,27). The molecule has 0 radical (unpaired) electrons. The molecule has 1 amide bonds. The maximum absolute atomic E-state index is 13.3. The zero-order valence-corrected chi connectivity index (χ0v) is 18.9. The molecule has 0 spiro atoms. The number of hydrogen-bond acceptors (Lipinski definition) is 4. The molecule has 6 nitrogen and oxygen atoms in total. The molecule has 0 saturated heterocycles. The van der Waals surface area contributed by atoms with E-state index in [0.29, 0.717) is 28.1 Å². The normalized spacial score (nSPS) is 11.1. The molecule has 0 aliphatic heterocycles. The Bertz CT molecular complexity index is 1170. The summed E-state index contributed by atoms with van der Waals surface area (Å²) in [4.78, 5) is 12.8. The lowest BCUT2D eigenvalue weighted by Gasteiger charge is -2.24. The fourth-order valence-corrected chi connectivity index (χ4v) is 4.56. The van der Waals surface area contributed by atoms with Crippen molar-refractivity contribution in [1.82, 2.24) is 0 Å². The van der Waals surface area contributed by atoms with Gasteiger partial charge < -0.3 is 10.1 Å². The molecule has 0 heterocycles. The number of amides is 1. The highest BCUT2D eigenvalue weighted by atomic mass is 35.5. The Morgan fingerprint density at radius 3 is 2.35 bits per heavy atom. The number of nitrogens with zero attached hydrogens (tertiary/aromatic N) is 1. The summed E-state index contributed by atoms with van der Waals surface area (Å²) in [6.45, 7) is 1.89. The van der Waals surface area contributed by atoms with Gasteiger partial charge in [-0.3, -0.25) is 9.10 Å². The van der Waals surface area contributed by atoms with Gasteiger partial charge in [0.2, 0.25) is 5.91 Å². The zero-order chi connectivity index (χ0) is 22.4. The largest absolute Gasteiger partial charge is 0.494 e. The van der Waals surface area contributed by atoms with Gasteiger partial charge in [0.1, 0.15) is 12.3 Å². The van der Waals surface area contributed by atoms with Crippen LogP contribution < -0.4 is 14.4 Å². The topological polar surface area (TPSA) is 75.7 Å². The Morgan fingerprint density at radius 2 is 1.68 bits per heavy atom. The average Bonchev–Trinajstić information content (AvgIpc) is 2.73. The number of halogens is 2. The van der Waals surface area contributed by atoms with E-state index in [-0.39, 0.29) is 10.6 Å². The molecule has 3 aromatic carbocycles. The lowest BCUT2D eigenvalue weighted by molar-refractivity contribution is -0.114. The van der Waals surface area contributed by atoms with Crippen molar-refractivity contribution in [1.29, 1.82) is 0 Å². The highest BCUT2D eigenvalue weighted by Crippen LogP contribution is 2.27.